The molecule has 0 radical (unpaired) electrons. The normalized spacial score (nSPS) is 10.4. The zero-order chi connectivity index (χ0) is 18.1. The van der Waals surface area contributed by atoms with Crippen molar-refractivity contribution in [1.82, 2.24) is 14.8 Å². The Kier molecular flexibility index (Phi) is 6.83. The molecule has 0 unspecified atom stereocenters. The molecule has 0 spiro atoms. The van der Waals surface area contributed by atoms with Crippen molar-refractivity contribution in [2.45, 2.75) is 13.5 Å². The second-order valence-corrected chi connectivity index (χ2v) is 5.30. The maximum atomic E-state index is 4.18. The summed E-state index contributed by atoms with van der Waals surface area (Å²) in [6.45, 7) is 5.86. The van der Waals surface area contributed by atoms with Crippen molar-refractivity contribution in [2.24, 2.45) is 17.3 Å². The minimum Gasteiger partial charge on any atom is -0.370 e. The molecule has 0 bridgehead atoms. The highest BCUT2D eigenvalue weighted by atomic mass is 15.3. The summed E-state index contributed by atoms with van der Waals surface area (Å²) in [7, 11) is 3.90. The van der Waals surface area contributed by atoms with Crippen molar-refractivity contribution in [3.05, 3.63) is 73.4 Å². The van der Waals surface area contributed by atoms with Crippen LogP contribution in [0.1, 0.15) is 12.5 Å². The van der Waals surface area contributed by atoms with Gasteiger partial charge in [0.25, 0.3) is 5.95 Å². The predicted molar refractivity (Wildman–Crippen MR) is 101 cm³/mol. The molecule has 0 amide bonds. The molecular weight excluding hydrogens is 312 g/mol. The maximum absolute atomic E-state index is 4.18. The fourth-order valence-corrected chi connectivity index (χ4v) is 2.19. The number of anilines is 1. The van der Waals surface area contributed by atoms with Gasteiger partial charge in [-0.05, 0) is 29.8 Å². The molecule has 0 N–H and O–H groups in total. The molecule has 0 aliphatic carbocycles. The summed E-state index contributed by atoms with van der Waals surface area (Å²) in [6.07, 6.45) is 1.59. The molecule has 6 heteroatoms. The van der Waals surface area contributed by atoms with E-state index in [9.17, 15) is 0 Å². The van der Waals surface area contributed by atoms with Crippen LogP contribution in [0.2, 0.25) is 0 Å². The van der Waals surface area contributed by atoms with Crippen molar-refractivity contribution in [1.29, 1.82) is 0 Å². The van der Waals surface area contributed by atoms with Crippen LogP contribution in [0, 0.1) is 6.92 Å². The first-order valence-electron chi connectivity index (χ1n) is 8.04. The van der Waals surface area contributed by atoms with Gasteiger partial charge in [-0.15, -0.1) is 20.4 Å². The number of aryl methyl sites for hydroxylation is 1. The van der Waals surface area contributed by atoms with Gasteiger partial charge in [0.15, 0.2) is 0 Å². The average molecular weight is 335 g/mol. The van der Waals surface area contributed by atoms with E-state index in [-0.39, 0.29) is 0 Å². The molecule has 6 nitrogen and oxygen atoms in total. The van der Waals surface area contributed by atoms with Gasteiger partial charge in [0, 0.05) is 26.3 Å². The van der Waals surface area contributed by atoms with Crippen LogP contribution < -0.4 is 4.90 Å². The lowest BCUT2D eigenvalue weighted by molar-refractivity contribution is 0.892. The first kappa shape index (κ1) is 18.3. The van der Waals surface area contributed by atoms with E-state index in [0.717, 1.165) is 17.9 Å². The molecular formula is C19H23N6-. The Morgan fingerprint density at radius 1 is 1.00 bits per heavy atom. The summed E-state index contributed by atoms with van der Waals surface area (Å²) in [5, 5.41) is 15.9. The third-order valence-corrected chi connectivity index (χ3v) is 3.50. The van der Waals surface area contributed by atoms with E-state index in [2.05, 4.69) is 63.6 Å². The average Bonchev–Trinajstić information content (AvgIpc) is 3.08. The lowest BCUT2D eigenvalue weighted by Crippen LogP contribution is -2.15. The van der Waals surface area contributed by atoms with Crippen LogP contribution in [0.25, 0.3) is 0 Å². The van der Waals surface area contributed by atoms with Crippen LogP contribution in [-0.2, 0) is 13.6 Å². The molecule has 1 aromatic heterocycles. The minimum atomic E-state index is 0.482. The Labute approximate surface area is 148 Å². The van der Waals surface area contributed by atoms with Gasteiger partial charge in [0.1, 0.15) is 6.33 Å². The molecule has 0 aliphatic rings. The number of benzene rings is 2. The number of hydrogen-bond acceptors (Lipinski definition) is 5. The minimum absolute atomic E-state index is 0.482. The predicted octanol–water partition coefficient (Wildman–Crippen LogP) is 4.71. The molecule has 0 saturated heterocycles. The van der Waals surface area contributed by atoms with E-state index >= 15 is 0 Å². The number of azo groups is 1. The highest BCUT2D eigenvalue weighted by molar-refractivity contribution is 5.52. The van der Waals surface area contributed by atoms with Gasteiger partial charge in [0.05, 0.1) is 5.69 Å². The van der Waals surface area contributed by atoms with E-state index in [1.54, 1.807) is 17.8 Å². The first-order chi connectivity index (χ1) is 12.2. The van der Waals surface area contributed by atoms with Gasteiger partial charge in [-0.3, -0.25) is 0 Å². The highest BCUT2D eigenvalue weighted by Crippen LogP contribution is 2.21. The van der Waals surface area contributed by atoms with Crippen LogP contribution in [0.5, 0.6) is 0 Å². The summed E-state index contributed by atoms with van der Waals surface area (Å²) in [6, 6.07) is 18.3. The molecule has 130 valence electrons. The lowest BCUT2D eigenvalue weighted by atomic mass is 10.2. The first-order valence-corrected chi connectivity index (χ1v) is 8.04. The van der Waals surface area contributed by atoms with Crippen LogP contribution in [0.3, 0.4) is 0 Å². The highest BCUT2D eigenvalue weighted by Gasteiger charge is 2.02. The van der Waals surface area contributed by atoms with Gasteiger partial charge in [-0.25, -0.2) is 0 Å². The topological polar surface area (TPSA) is 58.7 Å². The van der Waals surface area contributed by atoms with Crippen molar-refractivity contribution >= 4 is 17.3 Å². The van der Waals surface area contributed by atoms with Gasteiger partial charge in [-0.1, -0.05) is 30.3 Å². The van der Waals surface area contributed by atoms with Crippen LogP contribution >= 0.6 is 0 Å². The standard InChI is InChI=1S/C17H18N6.C2H5/c1-22(12-14-6-4-3-5-7-14)16-10-8-15(9-11-16)19-21-17-20-18-13-23(17)2;1-2/h3-11,13H,12H2,1-2H3;1H2,2H3/q;-1. The van der Waals surface area contributed by atoms with Gasteiger partial charge < -0.3 is 16.4 Å². The monoisotopic (exact) mass is 335 g/mol. The van der Waals surface area contributed by atoms with E-state index < -0.39 is 0 Å². The van der Waals surface area contributed by atoms with Gasteiger partial charge in [0.2, 0.25) is 0 Å². The Morgan fingerprint density at radius 2 is 1.68 bits per heavy atom. The second kappa shape index (κ2) is 9.32. The maximum Gasteiger partial charge on any atom is 0.269 e. The summed E-state index contributed by atoms with van der Waals surface area (Å²) >= 11 is 0. The Hall–Kier alpha value is -3.02. The fraction of sp³-hybridized carbons (Fsp3) is 0.211. The van der Waals surface area contributed by atoms with E-state index in [1.807, 2.05) is 37.4 Å². The quantitative estimate of drug-likeness (QED) is 0.501. The van der Waals surface area contributed by atoms with Crippen LogP contribution in [-0.4, -0.2) is 21.8 Å². The van der Waals surface area contributed by atoms with E-state index in [1.165, 1.54) is 5.56 Å². The Bertz CT molecular complexity index is 777. The molecule has 3 aromatic rings. The SMILES string of the molecule is CN(Cc1ccccc1)c1ccc(N=Nc2nncn2C)cc1.[CH2-]C. The van der Waals surface area contributed by atoms with Crippen molar-refractivity contribution in [3.8, 4) is 0 Å². The molecule has 0 aliphatic heterocycles. The summed E-state index contributed by atoms with van der Waals surface area (Å²) in [5.41, 5.74) is 3.19. The molecule has 0 atom stereocenters. The smallest absolute Gasteiger partial charge is 0.269 e. The van der Waals surface area contributed by atoms with E-state index in [0.29, 0.717) is 5.95 Å². The molecule has 1 heterocycles. The number of hydrogen-bond donors (Lipinski definition) is 0. The molecule has 3 rings (SSSR count). The van der Waals surface area contributed by atoms with Gasteiger partial charge >= 0.3 is 0 Å². The third-order valence-electron chi connectivity index (χ3n) is 3.50. The second-order valence-electron chi connectivity index (χ2n) is 5.30. The van der Waals surface area contributed by atoms with Gasteiger partial charge in [-0.2, -0.15) is 6.92 Å². The Morgan fingerprint density at radius 3 is 2.28 bits per heavy atom. The zero-order valence-electron chi connectivity index (χ0n) is 14.9. The van der Waals surface area contributed by atoms with E-state index in [4.69, 9.17) is 0 Å². The largest absolute Gasteiger partial charge is 0.370 e. The van der Waals surface area contributed by atoms with Crippen molar-refractivity contribution < 1.29 is 0 Å². The third kappa shape index (κ3) is 5.24. The fourth-order valence-electron chi connectivity index (χ4n) is 2.19. The van der Waals surface area contributed by atoms with Crippen LogP contribution in [0.15, 0.2) is 71.2 Å². The molecule has 25 heavy (non-hydrogen) atoms. The van der Waals surface area contributed by atoms with Crippen molar-refractivity contribution in [2.75, 3.05) is 11.9 Å². The van der Waals surface area contributed by atoms with Crippen LogP contribution in [0.4, 0.5) is 17.3 Å². The number of rotatable bonds is 5. The molecule has 0 saturated carbocycles. The summed E-state index contributed by atoms with van der Waals surface area (Å²) in [4.78, 5) is 2.19. The Balaban J connectivity index is 0.00000109. The molecule has 0 fully saturated rings. The molecule has 2 aromatic carbocycles. The lowest BCUT2D eigenvalue weighted by Gasteiger charge is -2.19. The zero-order valence-corrected chi connectivity index (χ0v) is 14.9. The summed E-state index contributed by atoms with van der Waals surface area (Å²) < 4.78 is 1.71. The summed E-state index contributed by atoms with van der Waals surface area (Å²) in [5.74, 6) is 0.482. The van der Waals surface area contributed by atoms with Crippen molar-refractivity contribution in [3.63, 3.8) is 0 Å². The number of aromatic nitrogens is 3. The number of nitrogens with zero attached hydrogens (tertiary/aromatic N) is 6.